The van der Waals surface area contributed by atoms with Crippen LogP contribution in [0.1, 0.15) is 12.2 Å². The van der Waals surface area contributed by atoms with Crippen LogP contribution in [0.15, 0.2) is 51.6 Å². The quantitative estimate of drug-likeness (QED) is 0.674. The molecule has 8 heteroatoms. The highest BCUT2D eigenvalue weighted by atomic mass is 79.9. The van der Waals surface area contributed by atoms with Crippen LogP contribution in [0.2, 0.25) is 0 Å². The molecule has 1 aromatic heterocycles. The van der Waals surface area contributed by atoms with E-state index in [0.717, 1.165) is 10.2 Å². The summed E-state index contributed by atoms with van der Waals surface area (Å²) in [6.07, 6.45) is 1.41. The molecule has 2 aromatic rings. The van der Waals surface area contributed by atoms with Crippen molar-refractivity contribution >= 4 is 25.8 Å². The van der Waals surface area contributed by atoms with Gasteiger partial charge < -0.3 is 14.3 Å². The lowest BCUT2D eigenvalue weighted by molar-refractivity contribution is 0.0495. The van der Waals surface area contributed by atoms with Crippen LogP contribution in [0.25, 0.3) is 0 Å². The zero-order valence-electron chi connectivity index (χ0n) is 14.3. The average Bonchev–Trinajstić information content (AvgIpc) is 3.23. The van der Waals surface area contributed by atoms with Gasteiger partial charge in [0.05, 0.1) is 28.8 Å². The molecular formula is C18H22BrNO5S. The summed E-state index contributed by atoms with van der Waals surface area (Å²) in [6, 6.07) is 11.0. The maximum Gasteiger partial charge on any atom is 0.151 e. The third-order valence-corrected chi connectivity index (χ3v) is 6.78. The number of ether oxygens (including phenoxy) is 1. The van der Waals surface area contributed by atoms with Crippen molar-refractivity contribution in [1.29, 1.82) is 0 Å². The van der Waals surface area contributed by atoms with E-state index in [2.05, 4.69) is 15.9 Å². The molecule has 0 amide bonds. The van der Waals surface area contributed by atoms with Crippen molar-refractivity contribution in [2.24, 2.45) is 0 Å². The molecule has 2 heterocycles. The van der Waals surface area contributed by atoms with E-state index in [1.54, 1.807) is 12.3 Å². The van der Waals surface area contributed by atoms with Crippen molar-refractivity contribution in [2.75, 3.05) is 24.7 Å². The molecule has 6 nitrogen and oxygen atoms in total. The van der Waals surface area contributed by atoms with Gasteiger partial charge in [-0.3, -0.25) is 4.90 Å². The number of hydrogen-bond acceptors (Lipinski definition) is 6. The van der Waals surface area contributed by atoms with Gasteiger partial charge in [0.15, 0.2) is 9.84 Å². The van der Waals surface area contributed by atoms with Gasteiger partial charge in [-0.25, -0.2) is 8.42 Å². The lowest BCUT2D eigenvalue weighted by Gasteiger charge is -2.29. The molecule has 3 rings (SSSR count). The molecule has 1 N–H and O–H groups in total. The molecule has 1 aromatic carbocycles. The van der Waals surface area contributed by atoms with Gasteiger partial charge in [-0.05, 0) is 46.6 Å². The first-order chi connectivity index (χ1) is 12.4. The summed E-state index contributed by atoms with van der Waals surface area (Å²) in [5, 5.41) is 10.4. The Balaban J connectivity index is 1.62. The lowest BCUT2D eigenvalue weighted by Crippen LogP contribution is -2.42. The first-order valence-electron chi connectivity index (χ1n) is 8.45. The summed E-state index contributed by atoms with van der Waals surface area (Å²) in [4.78, 5) is 1.97. The monoisotopic (exact) mass is 443 g/mol. The smallest absolute Gasteiger partial charge is 0.151 e. The normalized spacial score (nSPS) is 20.3. The maximum atomic E-state index is 11.8. The van der Waals surface area contributed by atoms with Crippen molar-refractivity contribution in [2.45, 2.75) is 25.1 Å². The number of sulfone groups is 1. The highest BCUT2D eigenvalue weighted by molar-refractivity contribution is 9.10. The second kappa shape index (κ2) is 8.56. The summed E-state index contributed by atoms with van der Waals surface area (Å²) in [6.45, 7) is 0.890. The summed E-state index contributed by atoms with van der Waals surface area (Å²) in [5.41, 5.74) is 0. The third-order valence-electron chi connectivity index (χ3n) is 4.38. The number of benzene rings is 1. The average molecular weight is 444 g/mol. The van der Waals surface area contributed by atoms with Crippen molar-refractivity contribution in [3.05, 3.63) is 52.9 Å². The molecule has 0 bridgehead atoms. The number of nitrogens with zero attached hydrogens (tertiary/aromatic N) is 1. The fraction of sp³-hybridized carbons (Fsp3) is 0.444. The van der Waals surface area contributed by atoms with E-state index in [0.29, 0.717) is 25.3 Å². The van der Waals surface area contributed by atoms with E-state index in [1.165, 1.54) is 0 Å². The Morgan fingerprint density at radius 3 is 2.77 bits per heavy atom. The molecular weight excluding hydrogens is 422 g/mol. The number of para-hydroxylation sites is 1. The van der Waals surface area contributed by atoms with Crippen LogP contribution in [0, 0.1) is 0 Å². The molecule has 26 heavy (non-hydrogen) atoms. The Labute approximate surface area is 161 Å². The van der Waals surface area contributed by atoms with Crippen LogP contribution in [0.5, 0.6) is 5.75 Å². The molecule has 0 radical (unpaired) electrons. The molecule has 0 spiro atoms. The minimum atomic E-state index is -3.01. The first-order valence-corrected chi connectivity index (χ1v) is 11.1. The van der Waals surface area contributed by atoms with E-state index in [9.17, 15) is 13.5 Å². The van der Waals surface area contributed by atoms with Gasteiger partial charge in [-0.2, -0.15) is 0 Å². The summed E-state index contributed by atoms with van der Waals surface area (Å²) in [7, 11) is -3.01. The van der Waals surface area contributed by atoms with Crippen LogP contribution < -0.4 is 4.74 Å². The van der Waals surface area contributed by atoms with Gasteiger partial charge in [0.2, 0.25) is 0 Å². The largest absolute Gasteiger partial charge is 0.490 e. The van der Waals surface area contributed by atoms with E-state index in [1.807, 2.05) is 35.2 Å². The van der Waals surface area contributed by atoms with Crippen molar-refractivity contribution in [1.82, 2.24) is 4.90 Å². The predicted molar refractivity (Wildman–Crippen MR) is 102 cm³/mol. The Kier molecular flexibility index (Phi) is 6.39. The second-order valence-electron chi connectivity index (χ2n) is 6.46. The van der Waals surface area contributed by atoms with Crippen LogP contribution in [-0.4, -0.2) is 55.2 Å². The Bertz CT molecular complexity index is 809. The van der Waals surface area contributed by atoms with E-state index in [-0.39, 0.29) is 24.2 Å². The first kappa shape index (κ1) is 19.4. The van der Waals surface area contributed by atoms with E-state index >= 15 is 0 Å². The van der Waals surface area contributed by atoms with Crippen LogP contribution >= 0.6 is 15.9 Å². The van der Waals surface area contributed by atoms with Crippen LogP contribution in [0.3, 0.4) is 0 Å². The van der Waals surface area contributed by atoms with Crippen molar-refractivity contribution in [3.8, 4) is 5.75 Å². The number of halogens is 1. The molecule has 2 atom stereocenters. The molecule has 1 saturated heterocycles. The molecule has 2 unspecified atom stereocenters. The van der Waals surface area contributed by atoms with Gasteiger partial charge in [0.25, 0.3) is 0 Å². The van der Waals surface area contributed by atoms with Gasteiger partial charge in [0, 0.05) is 12.6 Å². The molecule has 0 saturated carbocycles. The molecule has 0 aliphatic carbocycles. The summed E-state index contributed by atoms with van der Waals surface area (Å²) >= 11 is 3.41. The second-order valence-corrected chi connectivity index (χ2v) is 9.54. The highest BCUT2D eigenvalue weighted by Crippen LogP contribution is 2.24. The maximum absolute atomic E-state index is 11.8. The van der Waals surface area contributed by atoms with E-state index in [4.69, 9.17) is 9.15 Å². The predicted octanol–water partition coefficient (Wildman–Crippen LogP) is 2.47. The standard InChI is InChI=1S/C18H22BrNO5S/c19-17-5-1-2-6-18(17)25-12-15(21)10-20(11-16-4-3-8-24-16)14-7-9-26(22,23)13-14/h1-6,8,14-15,21H,7,9-13H2. The molecule has 1 aliphatic rings. The summed E-state index contributed by atoms with van der Waals surface area (Å²) in [5.74, 6) is 1.71. The van der Waals surface area contributed by atoms with Crippen LogP contribution in [-0.2, 0) is 16.4 Å². The van der Waals surface area contributed by atoms with Crippen molar-refractivity contribution < 1.29 is 22.7 Å². The topological polar surface area (TPSA) is 80.0 Å². The molecule has 1 fully saturated rings. The number of aliphatic hydroxyl groups is 1. The zero-order chi connectivity index (χ0) is 18.6. The fourth-order valence-corrected chi connectivity index (χ4v) is 5.24. The van der Waals surface area contributed by atoms with E-state index < -0.39 is 15.9 Å². The van der Waals surface area contributed by atoms with Gasteiger partial charge in [-0.15, -0.1) is 0 Å². The Hall–Kier alpha value is -1.35. The highest BCUT2D eigenvalue weighted by Gasteiger charge is 2.33. The van der Waals surface area contributed by atoms with Gasteiger partial charge in [0.1, 0.15) is 24.2 Å². The Morgan fingerprint density at radius 2 is 2.12 bits per heavy atom. The van der Waals surface area contributed by atoms with Gasteiger partial charge >= 0.3 is 0 Å². The zero-order valence-corrected chi connectivity index (χ0v) is 16.7. The lowest BCUT2D eigenvalue weighted by atomic mass is 10.2. The number of aliphatic hydroxyl groups excluding tert-OH is 1. The summed E-state index contributed by atoms with van der Waals surface area (Å²) < 4.78 is 35.6. The fourth-order valence-electron chi connectivity index (χ4n) is 3.08. The third kappa shape index (κ3) is 5.33. The van der Waals surface area contributed by atoms with Gasteiger partial charge in [-0.1, -0.05) is 12.1 Å². The molecule has 1 aliphatic heterocycles. The van der Waals surface area contributed by atoms with Crippen molar-refractivity contribution in [3.63, 3.8) is 0 Å². The molecule has 142 valence electrons. The van der Waals surface area contributed by atoms with Crippen LogP contribution in [0.4, 0.5) is 0 Å². The minimum absolute atomic E-state index is 0.117. The number of furan rings is 1. The Morgan fingerprint density at radius 1 is 1.31 bits per heavy atom. The SMILES string of the molecule is O=S1(=O)CCC(N(Cc2ccco2)CC(O)COc2ccccc2Br)C1. The minimum Gasteiger partial charge on any atom is -0.490 e. The number of hydrogen-bond donors (Lipinski definition) is 1. The number of rotatable bonds is 8.